The first kappa shape index (κ1) is 24.3. The molecular formula is C42H25B2N3. The zero-order valence-corrected chi connectivity index (χ0v) is 25.4. The van der Waals surface area contributed by atoms with Crippen LogP contribution in [-0.4, -0.2) is 18.0 Å². The Labute approximate surface area is 273 Å². The zero-order chi connectivity index (χ0) is 30.4. The van der Waals surface area contributed by atoms with Gasteiger partial charge in [0, 0.05) is 56.1 Å². The van der Waals surface area contributed by atoms with Gasteiger partial charge < -0.3 is 14.4 Å². The quantitative estimate of drug-likeness (QED) is 0.216. The van der Waals surface area contributed by atoms with E-state index in [0.717, 1.165) is 0 Å². The summed E-state index contributed by atoms with van der Waals surface area (Å²) in [7, 11) is 0. The number of benzene rings is 7. The number of hydrogen-bond acceptors (Lipinski definition) is 2. The van der Waals surface area contributed by atoms with Crippen molar-refractivity contribution in [2.75, 3.05) is 9.80 Å². The highest BCUT2D eigenvalue weighted by atomic mass is 15.2. The molecule has 12 rings (SSSR count). The highest BCUT2D eigenvalue weighted by Crippen LogP contribution is 2.45. The molecule has 1 aromatic heterocycles. The van der Waals surface area contributed by atoms with Gasteiger partial charge in [0.25, 0.3) is 13.4 Å². The Kier molecular flexibility index (Phi) is 4.37. The van der Waals surface area contributed by atoms with Crippen LogP contribution in [0.1, 0.15) is 0 Å². The monoisotopic (exact) mass is 593 g/mol. The van der Waals surface area contributed by atoms with Gasteiger partial charge in [-0.2, -0.15) is 0 Å². The third-order valence-corrected chi connectivity index (χ3v) is 11.1. The summed E-state index contributed by atoms with van der Waals surface area (Å²) in [5, 5.41) is 2.65. The van der Waals surface area contributed by atoms with Crippen LogP contribution in [0.3, 0.4) is 0 Å². The Morgan fingerprint density at radius 3 is 1.72 bits per heavy atom. The summed E-state index contributed by atoms with van der Waals surface area (Å²) < 4.78 is 2.53. The molecule has 0 saturated heterocycles. The summed E-state index contributed by atoms with van der Waals surface area (Å²) in [6.45, 7) is 0.288. The largest absolute Gasteiger partial charge is 0.312 e. The van der Waals surface area contributed by atoms with Crippen molar-refractivity contribution >= 4 is 102 Å². The number of fused-ring (bicyclic) bond motifs is 11. The van der Waals surface area contributed by atoms with Crippen molar-refractivity contribution in [1.82, 2.24) is 4.57 Å². The summed E-state index contributed by atoms with van der Waals surface area (Å²) >= 11 is 0. The van der Waals surface area contributed by atoms with Gasteiger partial charge in [-0.25, -0.2) is 0 Å². The van der Waals surface area contributed by atoms with E-state index in [2.05, 4.69) is 166 Å². The molecule has 4 aliphatic heterocycles. The van der Waals surface area contributed by atoms with Crippen molar-refractivity contribution in [3.63, 3.8) is 0 Å². The maximum atomic E-state index is 2.60. The maximum absolute atomic E-state index is 2.60. The van der Waals surface area contributed by atoms with E-state index in [4.69, 9.17) is 0 Å². The van der Waals surface area contributed by atoms with Crippen molar-refractivity contribution in [1.29, 1.82) is 0 Å². The van der Waals surface area contributed by atoms with Crippen LogP contribution in [0.4, 0.5) is 34.1 Å². The Bertz CT molecular complexity index is 2680. The molecule has 3 nitrogen and oxygen atoms in total. The van der Waals surface area contributed by atoms with Crippen molar-refractivity contribution < 1.29 is 0 Å². The number of aromatic nitrogens is 1. The van der Waals surface area contributed by atoms with E-state index in [1.54, 1.807) is 0 Å². The lowest BCUT2D eigenvalue weighted by atomic mass is 9.29. The Morgan fingerprint density at radius 1 is 0.362 bits per heavy atom. The van der Waals surface area contributed by atoms with Crippen LogP contribution in [0.25, 0.3) is 27.5 Å². The van der Waals surface area contributed by atoms with E-state index < -0.39 is 0 Å². The van der Waals surface area contributed by atoms with Gasteiger partial charge >= 0.3 is 0 Å². The summed E-state index contributed by atoms with van der Waals surface area (Å²) in [5.41, 5.74) is 19.8. The fourth-order valence-corrected chi connectivity index (χ4v) is 9.53. The second-order valence-electron chi connectivity index (χ2n) is 13.2. The van der Waals surface area contributed by atoms with Crippen LogP contribution < -0.4 is 42.6 Å². The molecule has 7 aromatic carbocycles. The molecule has 0 saturated carbocycles. The summed E-state index contributed by atoms with van der Waals surface area (Å²) in [4.78, 5) is 5.06. The maximum Gasteiger partial charge on any atom is 0.252 e. The first-order valence-electron chi connectivity index (χ1n) is 16.5. The SMILES string of the molecule is c1ccc(N2c3ccccc3B3c4cccc5c4N(c4cccc2c43)c2cccc3c2B5c2cccc4c5ccccc5n-3c24)cc1. The van der Waals surface area contributed by atoms with Gasteiger partial charge in [0.1, 0.15) is 0 Å². The molecule has 0 aliphatic carbocycles. The lowest BCUT2D eigenvalue weighted by molar-refractivity contribution is 1.18. The van der Waals surface area contributed by atoms with Crippen LogP contribution in [0.15, 0.2) is 152 Å². The molecule has 8 aromatic rings. The van der Waals surface area contributed by atoms with Crippen molar-refractivity contribution in [3.05, 3.63) is 152 Å². The van der Waals surface area contributed by atoms with E-state index in [-0.39, 0.29) is 13.4 Å². The Morgan fingerprint density at radius 2 is 0.894 bits per heavy atom. The van der Waals surface area contributed by atoms with E-state index in [9.17, 15) is 0 Å². The standard InChI is InChI=1S/C42H25B2N3/c1-2-12-26(13-3-1)45-34-21-7-5-16-29(34)43-31-18-9-19-32-42(31)47(37-24-10-22-35(45)39(37)43)38-25-11-23-36-40(38)44(32)30-17-8-15-28-27-14-4-6-20-33(27)46(36)41(28)30/h1-25H. The van der Waals surface area contributed by atoms with Crippen molar-refractivity contribution in [2.45, 2.75) is 0 Å². The minimum Gasteiger partial charge on any atom is -0.312 e. The molecule has 4 aliphatic rings. The molecule has 0 spiro atoms. The second-order valence-corrected chi connectivity index (χ2v) is 13.2. The summed E-state index contributed by atoms with van der Waals surface area (Å²) in [5.74, 6) is 0. The van der Waals surface area contributed by atoms with Gasteiger partial charge in [-0.05, 0) is 81.3 Å². The van der Waals surface area contributed by atoms with E-state index in [1.807, 2.05) is 0 Å². The smallest absolute Gasteiger partial charge is 0.252 e. The number of para-hydroxylation sites is 5. The molecule has 0 bridgehead atoms. The van der Waals surface area contributed by atoms with Gasteiger partial charge in [0.2, 0.25) is 0 Å². The Balaban J connectivity index is 1.22. The molecule has 47 heavy (non-hydrogen) atoms. The van der Waals surface area contributed by atoms with E-state index >= 15 is 0 Å². The molecule has 0 N–H and O–H groups in total. The molecule has 5 heteroatoms. The molecule has 0 amide bonds. The number of anilines is 6. The number of rotatable bonds is 1. The minimum atomic E-state index is 0.138. The van der Waals surface area contributed by atoms with Crippen LogP contribution in [-0.2, 0) is 0 Å². The van der Waals surface area contributed by atoms with Gasteiger partial charge in [0.05, 0.1) is 5.52 Å². The van der Waals surface area contributed by atoms with Crippen LogP contribution >= 0.6 is 0 Å². The Hall–Kier alpha value is -5.93. The lowest BCUT2D eigenvalue weighted by Crippen LogP contribution is -2.67. The van der Waals surface area contributed by atoms with Crippen LogP contribution in [0.2, 0.25) is 0 Å². The fraction of sp³-hybridized carbons (Fsp3) is 0. The van der Waals surface area contributed by atoms with Gasteiger partial charge in [-0.15, -0.1) is 0 Å². The highest BCUT2D eigenvalue weighted by molar-refractivity contribution is 7.04. The van der Waals surface area contributed by atoms with E-state index in [0.29, 0.717) is 0 Å². The van der Waals surface area contributed by atoms with Crippen molar-refractivity contribution in [3.8, 4) is 5.69 Å². The van der Waals surface area contributed by atoms with Gasteiger partial charge in [-0.3, -0.25) is 0 Å². The first-order valence-corrected chi connectivity index (χ1v) is 16.5. The highest BCUT2D eigenvalue weighted by Gasteiger charge is 2.49. The predicted molar refractivity (Wildman–Crippen MR) is 199 cm³/mol. The van der Waals surface area contributed by atoms with Gasteiger partial charge in [0.15, 0.2) is 0 Å². The fourth-order valence-electron chi connectivity index (χ4n) is 9.53. The zero-order valence-electron chi connectivity index (χ0n) is 25.4. The lowest BCUT2D eigenvalue weighted by Gasteiger charge is -2.48. The third-order valence-electron chi connectivity index (χ3n) is 11.1. The molecule has 0 atom stereocenters. The van der Waals surface area contributed by atoms with Crippen molar-refractivity contribution in [2.24, 2.45) is 0 Å². The average molecular weight is 593 g/mol. The van der Waals surface area contributed by atoms with Crippen LogP contribution in [0, 0.1) is 0 Å². The number of nitrogens with zero attached hydrogens (tertiary/aromatic N) is 3. The molecule has 0 unspecified atom stereocenters. The normalized spacial score (nSPS) is 14.2. The number of hydrogen-bond donors (Lipinski definition) is 0. The molecule has 5 heterocycles. The summed E-state index contributed by atoms with van der Waals surface area (Å²) in [6, 6.07) is 56.7. The first-order chi connectivity index (χ1) is 23.4. The topological polar surface area (TPSA) is 11.4 Å². The minimum absolute atomic E-state index is 0.138. The third kappa shape index (κ3) is 2.80. The summed E-state index contributed by atoms with van der Waals surface area (Å²) in [6.07, 6.45) is 0. The second kappa shape index (κ2) is 8.45. The van der Waals surface area contributed by atoms with Crippen LogP contribution in [0.5, 0.6) is 0 Å². The molecule has 0 fully saturated rings. The molecule has 214 valence electrons. The predicted octanol–water partition coefficient (Wildman–Crippen LogP) is 6.01. The van der Waals surface area contributed by atoms with Gasteiger partial charge in [-0.1, -0.05) is 103 Å². The molecule has 0 radical (unpaired) electrons. The average Bonchev–Trinajstić information content (AvgIpc) is 3.48. The van der Waals surface area contributed by atoms with E-state index in [1.165, 1.54) is 94.4 Å². The molecular weight excluding hydrogens is 568 g/mol.